The van der Waals surface area contributed by atoms with Gasteiger partial charge in [-0.2, -0.15) is 0 Å². The second kappa shape index (κ2) is 8.27. The number of methoxy groups -OCH3 is 1. The standard InChI is InChI=1S/C22H27N3O2/c1-15(22(26)27-4)23-13-19(16-9-11-17(12-10-16)25(2)3)20-14-24-21-8-6-5-7-18(20)21/h5-12,14-15,19,23-24H,13H2,1-4H3/p+1/t15-,19-/m0/s1. The summed E-state index contributed by atoms with van der Waals surface area (Å²) in [4.78, 5) is 17.3. The first-order valence-electron chi connectivity index (χ1n) is 9.25. The van der Waals surface area contributed by atoms with Crippen LogP contribution in [0.1, 0.15) is 24.0 Å². The van der Waals surface area contributed by atoms with Gasteiger partial charge in [0.2, 0.25) is 0 Å². The van der Waals surface area contributed by atoms with Gasteiger partial charge in [0, 0.05) is 36.9 Å². The summed E-state index contributed by atoms with van der Waals surface area (Å²) >= 11 is 0. The van der Waals surface area contributed by atoms with Crippen molar-refractivity contribution in [1.82, 2.24) is 4.98 Å². The lowest BCUT2D eigenvalue weighted by Crippen LogP contribution is -2.92. The number of fused-ring (bicyclic) bond motifs is 1. The molecule has 0 unspecified atom stereocenters. The Kier molecular flexibility index (Phi) is 5.81. The van der Waals surface area contributed by atoms with Crippen LogP contribution >= 0.6 is 0 Å². The Hall–Kier alpha value is -2.79. The van der Waals surface area contributed by atoms with Crippen molar-refractivity contribution in [2.24, 2.45) is 0 Å². The van der Waals surface area contributed by atoms with Crippen LogP contribution < -0.4 is 10.2 Å². The number of carbonyl (C=O) groups is 1. The van der Waals surface area contributed by atoms with E-state index in [1.54, 1.807) is 0 Å². The van der Waals surface area contributed by atoms with E-state index < -0.39 is 0 Å². The molecule has 27 heavy (non-hydrogen) atoms. The monoisotopic (exact) mass is 366 g/mol. The Morgan fingerprint density at radius 3 is 2.52 bits per heavy atom. The van der Waals surface area contributed by atoms with Crippen LogP contribution in [0.15, 0.2) is 54.7 Å². The number of nitrogens with zero attached hydrogens (tertiary/aromatic N) is 1. The van der Waals surface area contributed by atoms with Gasteiger partial charge in [-0.25, -0.2) is 4.79 Å². The van der Waals surface area contributed by atoms with E-state index in [1.807, 2.05) is 27.1 Å². The lowest BCUT2D eigenvalue weighted by atomic mass is 9.90. The van der Waals surface area contributed by atoms with Crippen LogP contribution in [0.4, 0.5) is 5.69 Å². The summed E-state index contributed by atoms with van der Waals surface area (Å²) in [5.41, 5.74) is 4.78. The molecule has 3 rings (SSSR count). The molecule has 0 saturated heterocycles. The molecule has 0 spiro atoms. The van der Waals surface area contributed by atoms with Crippen LogP contribution in [-0.2, 0) is 9.53 Å². The number of quaternary nitrogens is 1. The fourth-order valence-corrected chi connectivity index (χ4v) is 3.45. The zero-order valence-electron chi connectivity index (χ0n) is 16.4. The molecule has 0 aliphatic carbocycles. The van der Waals surface area contributed by atoms with E-state index in [4.69, 9.17) is 4.74 Å². The normalized spacial score (nSPS) is 13.3. The van der Waals surface area contributed by atoms with Crippen LogP contribution in [0, 0.1) is 0 Å². The molecule has 142 valence electrons. The summed E-state index contributed by atoms with van der Waals surface area (Å²) in [7, 11) is 5.51. The summed E-state index contributed by atoms with van der Waals surface area (Å²) in [5, 5.41) is 3.27. The molecule has 3 aromatic rings. The van der Waals surface area contributed by atoms with Crippen molar-refractivity contribution in [3.8, 4) is 0 Å². The summed E-state index contributed by atoms with van der Waals surface area (Å²) in [6.07, 6.45) is 2.09. The van der Waals surface area contributed by atoms with Gasteiger partial charge in [0.1, 0.15) is 0 Å². The summed E-state index contributed by atoms with van der Waals surface area (Å²) in [5.74, 6) is -0.0277. The minimum atomic E-state index is -0.233. The van der Waals surface area contributed by atoms with E-state index in [1.165, 1.54) is 29.3 Å². The average molecular weight is 366 g/mol. The van der Waals surface area contributed by atoms with Gasteiger partial charge in [-0.3, -0.25) is 0 Å². The third-order valence-electron chi connectivity index (χ3n) is 5.11. The van der Waals surface area contributed by atoms with Crippen LogP contribution in [0.5, 0.6) is 0 Å². The zero-order chi connectivity index (χ0) is 19.4. The molecular formula is C22H28N3O2+. The molecule has 0 aliphatic rings. The molecule has 0 amide bonds. The zero-order valence-corrected chi connectivity index (χ0v) is 16.4. The van der Waals surface area contributed by atoms with Gasteiger partial charge in [-0.05, 0) is 36.2 Å². The van der Waals surface area contributed by atoms with Crippen molar-refractivity contribution in [3.05, 3.63) is 65.9 Å². The van der Waals surface area contributed by atoms with Crippen LogP contribution in [0.2, 0.25) is 0 Å². The van der Waals surface area contributed by atoms with Crippen LogP contribution in [-0.4, -0.2) is 44.7 Å². The number of rotatable bonds is 7. The first kappa shape index (κ1) is 19.0. The molecule has 0 aliphatic heterocycles. The largest absolute Gasteiger partial charge is 0.465 e. The smallest absolute Gasteiger partial charge is 0.364 e. The Bertz CT molecular complexity index is 899. The Morgan fingerprint density at radius 2 is 1.85 bits per heavy atom. The van der Waals surface area contributed by atoms with Gasteiger partial charge in [0.15, 0.2) is 6.04 Å². The van der Waals surface area contributed by atoms with Crippen molar-refractivity contribution in [2.45, 2.75) is 18.9 Å². The predicted octanol–water partition coefficient (Wildman–Crippen LogP) is 2.49. The molecule has 2 atom stereocenters. The summed E-state index contributed by atoms with van der Waals surface area (Å²) in [6.45, 7) is 2.65. The summed E-state index contributed by atoms with van der Waals surface area (Å²) in [6, 6.07) is 16.7. The van der Waals surface area contributed by atoms with Crippen molar-refractivity contribution >= 4 is 22.6 Å². The second-order valence-electron chi connectivity index (χ2n) is 7.11. The number of anilines is 1. The highest BCUT2D eigenvalue weighted by Gasteiger charge is 2.23. The number of nitrogens with one attached hydrogen (secondary N) is 1. The van der Waals surface area contributed by atoms with E-state index in [0.29, 0.717) is 0 Å². The fourth-order valence-electron chi connectivity index (χ4n) is 3.45. The number of para-hydroxylation sites is 1. The van der Waals surface area contributed by atoms with Gasteiger partial charge in [0.25, 0.3) is 0 Å². The minimum absolute atomic E-state index is 0.171. The van der Waals surface area contributed by atoms with Crippen molar-refractivity contribution < 1.29 is 14.8 Å². The number of ether oxygens (including phenoxy) is 1. The molecule has 0 bridgehead atoms. The van der Waals surface area contributed by atoms with E-state index in [2.05, 4.69) is 63.9 Å². The first-order chi connectivity index (χ1) is 13.0. The highest BCUT2D eigenvalue weighted by molar-refractivity contribution is 5.84. The van der Waals surface area contributed by atoms with E-state index in [9.17, 15) is 4.79 Å². The van der Waals surface area contributed by atoms with E-state index in [0.717, 1.165) is 12.1 Å². The van der Waals surface area contributed by atoms with Crippen molar-refractivity contribution in [3.63, 3.8) is 0 Å². The average Bonchev–Trinajstić information content (AvgIpc) is 3.11. The van der Waals surface area contributed by atoms with Gasteiger partial charge in [0.05, 0.1) is 19.6 Å². The quantitative estimate of drug-likeness (QED) is 0.632. The molecule has 2 aromatic carbocycles. The number of esters is 1. The number of nitrogens with two attached hydrogens (primary N) is 1. The maximum atomic E-state index is 11.8. The highest BCUT2D eigenvalue weighted by Crippen LogP contribution is 2.30. The number of benzene rings is 2. The first-order valence-corrected chi connectivity index (χ1v) is 9.25. The number of aromatic amines is 1. The Balaban J connectivity index is 1.94. The Labute approximate surface area is 160 Å². The second-order valence-corrected chi connectivity index (χ2v) is 7.11. The van der Waals surface area contributed by atoms with Gasteiger partial charge >= 0.3 is 5.97 Å². The number of aromatic nitrogens is 1. The Morgan fingerprint density at radius 1 is 1.15 bits per heavy atom. The summed E-state index contributed by atoms with van der Waals surface area (Å²) < 4.78 is 4.87. The minimum Gasteiger partial charge on any atom is -0.465 e. The van der Waals surface area contributed by atoms with E-state index >= 15 is 0 Å². The third kappa shape index (κ3) is 4.14. The van der Waals surface area contributed by atoms with Crippen LogP contribution in [0.25, 0.3) is 10.9 Å². The number of hydrogen-bond donors (Lipinski definition) is 2. The van der Waals surface area contributed by atoms with Crippen molar-refractivity contribution in [2.75, 3.05) is 32.6 Å². The molecular weight excluding hydrogens is 338 g/mol. The number of hydrogen-bond acceptors (Lipinski definition) is 3. The topological polar surface area (TPSA) is 61.9 Å². The number of H-pyrrole nitrogens is 1. The maximum absolute atomic E-state index is 11.8. The maximum Gasteiger partial charge on any atom is 0.364 e. The lowest BCUT2D eigenvalue weighted by molar-refractivity contribution is -0.676. The molecule has 0 radical (unpaired) electrons. The third-order valence-corrected chi connectivity index (χ3v) is 5.11. The SMILES string of the molecule is COC(=O)[C@H](C)[NH2+]C[C@@H](c1ccc(N(C)C)cc1)c1c[nH]c2ccccc12. The van der Waals surface area contributed by atoms with Gasteiger partial charge in [-0.15, -0.1) is 0 Å². The number of carbonyl (C=O) groups excluding carboxylic acids is 1. The molecule has 5 heteroatoms. The lowest BCUT2D eigenvalue weighted by Gasteiger charge is -2.19. The van der Waals surface area contributed by atoms with E-state index in [-0.39, 0.29) is 17.9 Å². The van der Waals surface area contributed by atoms with Crippen molar-refractivity contribution in [1.29, 1.82) is 0 Å². The molecule has 5 nitrogen and oxygen atoms in total. The fraction of sp³-hybridized carbons (Fsp3) is 0.318. The highest BCUT2D eigenvalue weighted by atomic mass is 16.5. The van der Waals surface area contributed by atoms with Gasteiger partial charge in [-0.1, -0.05) is 30.3 Å². The molecule has 0 fully saturated rings. The molecule has 1 aromatic heterocycles. The predicted molar refractivity (Wildman–Crippen MR) is 109 cm³/mol. The van der Waals surface area contributed by atoms with Gasteiger partial charge < -0.3 is 19.9 Å². The molecule has 3 N–H and O–H groups in total. The van der Waals surface area contributed by atoms with Crippen LogP contribution in [0.3, 0.4) is 0 Å². The molecule has 1 heterocycles. The molecule has 0 saturated carbocycles.